The summed E-state index contributed by atoms with van der Waals surface area (Å²) in [4.78, 5) is 28.4. The zero-order chi connectivity index (χ0) is 27.4. The molecule has 8 nitrogen and oxygen atoms in total. The van der Waals surface area contributed by atoms with Gasteiger partial charge in [0.25, 0.3) is 5.91 Å². The topological polar surface area (TPSA) is 114 Å². The molecule has 11 heteroatoms. The summed E-state index contributed by atoms with van der Waals surface area (Å²) in [7, 11) is 4.88. The monoisotopic (exact) mass is 515 g/mol. The number of aliphatic carboxylic acids is 1. The van der Waals surface area contributed by atoms with Crippen molar-refractivity contribution in [3.8, 4) is 22.6 Å². The Bertz CT molecular complexity index is 1330. The Hall–Kier alpha value is -4.54. The molecule has 1 aliphatic rings. The molecular weight excluding hydrogens is 491 g/mol. The van der Waals surface area contributed by atoms with Gasteiger partial charge in [-0.05, 0) is 52.6 Å². The molecule has 0 aromatic heterocycles. The molecule has 1 atom stereocenters. The van der Waals surface area contributed by atoms with Crippen LogP contribution in [0.4, 0.5) is 13.2 Å². The van der Waals surface area contributed by atoms with E-state index >= 15 is 0 Å². The minimum atomic E-state index is -5.08. The lowest BCUT2D eigenvalue weighted by molar-refractivity contribution is -0.192. The van der Waals surface area contributed by atoms with E-state index in [0.717, 1.165) is 28.0 Å². The maximum absolute atomic E-state index is 13.4. The van der Waals surface area contributed by atoms with Crippen LogP contribution in [0.5, 0.6) is 11.5 Å². The minimum absolute atomic E-state index is 0.183. The number of nitrogens with zero attached hydrogens (tertiary/aromatic N) is 2. The molecule has 3 N–H and O–H groups in total. The Kier molecular flexibility index (Phi) is 7.76. The molecular formula is C26H24F3N3O5. The van der Waals surface area contributed by atoms with Crippen molar-refractivity contribution in [1.29, 1.82) is 0 Å². The van der Waals surface area contributed by atoms with Crippen molar-refractivity contribution in [2.45, 2.75) is 11.7 Å². The van der Waals surface area contributed by atoms with Gasteiger partial charge in [0, 0.05) is 7.05 Å². The van der Waals surface area contributed by atoms with Crippen LogP contribution in [0.25, 0.3) is 11.1 Å². The lowest BCUT2D eigenvalue weighted by atomic mass is 9.81. The number of carbonyl (C=O) groups is 2. The van der Waals surface area contributed by atoms with Gasteiger partial charge in [-0.3, -0.25) is 9.69 Å². The predicted molar refractivity (Wildman–Crippen MR) is 130 cm³/mol. The first-order valence-electron chi connectivity index (χ1n) is 10.8. The van der Waals surface area contributed by atoms with Gasteiger partial charge in [-0.25, -0.2) is 9.79 Å². The standard InChI is InChI=1S/C24H23N3O3.C2HF3O2/c1-27-22(28)24(26-23(27)25,18-10-12-20(29-2)13-11-18)19-8-4-6-16(14-19)17-7-5-9-21(15-17)30-3;3-2(4,5)1(6)7/h4-15H,1-3H3,(H2,25,26);(H,6,7). The molecule has 0 saturated heterocycles. The number of aliphatic imine (C=N–C) groups is 1. The van der Waals surface area contributed by atoms with Gasteiger partial charge in [0.2, 0.25) is 0 Å². The van der Waals surface area contributed by atoms with Crippen LogP contribution in [0, 0.1) is 0 Å². The number of carboxylic acid groups (broad SMARTS) is 1. The van der Waals surface area contributed by atoms with E-state index < -0.39 is 17.7 Å². The number of amides is 1. The second-order valence-electron chi connectivity index (χ2n) is 7.89. The number of likely N-dealkylation sites (N-methyl/N-ethyl adjacent to an activating group) is 1. The molecule has 37 heavy (non-hydrogen) atoms. The Morgan fingerprint density at radius 1 is 0.919 bits per heavy atom. The number of rotatable bonds is 5. The van der Waals surface area contributed by atoms with Crippen LogP contribution >= 0.6 is 0 Å². The fourth-order valence-electron chi connectivity index (χ4n) is 3.74. The molecule has 1 amide bonds. The van der Waals surface area contributed by atoms with Crippen LogP contribution in [0.2, 0.25) is 0 Å². The van der Waals surface area contributed by atoms with Crippen LogP contribution < -0.4 is 15.2 Å². The van der Waals surface area contributed by atoms with E-state index in [1.807, 2.05) is 72.8 Å². The number of nitrogens with two attached hydrogens (primary N) is 1. The number of benzene rings is 3. The number of carboxylic acids is 1. The van der Waals surface area contributed by atoms with Crippen LogP contribution in [-0.4, -0.2) is 55.3 Å². The SMILES string of the molecule is COc1ccc(C2(c3cccc(-c4cccc(OC)c4)c3)N=C(N)N(C)C2=O)cc1.O=C(O)C(F)(F)F. The van der Waals surface area contributed by atoms with Crippen LogP contribution in [0.15, 0.2) is 77.8 Å². The van der Waals surface area contributed by atoms with E-state index in [2.05, 4.69) is 4.99 Å². The number of ether oxygens (including phenoxy) is 2. The average molecular weight is 515 g/mol. The fourth-order valence-corrected chi connectivity index (χ4v) is 3.74. The maximum atomic E-state index is 13.4. The fraction of sp³-hybridized carbons (Fsp3) is 0.192. The first kappa shape index (κ1) is 27.1. The summed E-state index contributed by atoms with van der Waals surface area (Å²) in [5.74, 6) is -1.31. The third-order valence-electron chi connectivity index (χ3n) is 5.67. The van der Waals surface area contributed by atoms with Gasteiger partial charge >= 0.3 is 12.1 Å². The van der Waals surface area contributed by atoms with Crippen molar-refractivity contribution >= 4 is 17.8 Å². The van der Waals surface area contributed by atoms with Crippen molar-refractivity contribution in [3.05, 3.63) is 83.9 Å². The van der Waals surface area contributed by atoms with Crippen molar-refractivity contribution in [3.63, 3.8) is 0 Å². The van der Waals surface area contributed by atoms with Crippen molar-refractivity contribution < 1.29 is 37.3 Å². The Morgan fingerprint density at radius 3 is 1.95 bits per heavy atom. The average Bonchev–Trinajstić information content (AvgIpc) is 3.13. The van der Waals surface area contributed by atoms with E-state index in [1.165, 1.54) is 4.90 Å². The van der Waals surface area contributed by atoms with Gasteiger partial charge in [0.05, 0.1) is 14.2 Å². The van der Waals surface area contributed by atoms with E-state index in [-0.39, 0.29) is 11.9 Å². The molecule has 0 bridgehead atoms. The molecule has 1 heterocycles. The molecule has 194 valence electrons. The van der Waals surface area contributed by atoms with E-state index in [9.17, 15) is 18.0 Å². The third-order valence-corrected chi connectivity index (χ3v) is 5.67. The summed E-state index contributed by atoms with van der Waals surface area (Å²) in [5.41, 5.74) is 8.23. The zero-order valence-electron chi connectivity index (χ0n) is 20.1. The van der Waals surface area contributed by atoms with Gasteiger partial charge < -0.3 is 20.3 Å². The van der Waals surface area contributed by atoms with E-state index in [1.54, 1.807) is 21.3 Å². The lowest BCUT2D eigenvalue weighted by Crippen LogP contribution is -2.41. The molecule has 4 rings (SSSR count). The first-order chi connectivity index (χ1) is 17.4. The number of methoxy groups -OCH3 is 2. The van der Waals surface area contributed by atoms with E-state index in [0.29, 0.717) is 5.75 Å². The minimum Gasteiger partial charge on any atom is -0.497 e. The Labute approximate surface area is 210 Å². The second-order valence-corrected chi connectivity index (χ2v) is 7.89. The molecule has 3 aromatic rings. The number of hydrogen-bond acceptors (Lipinski definition) is 6. The highest BCUT2D eigenvalue weighted by Crippen LogP contribution is 2.41. The highest BCUT2D eigenvalue weighted by Gasteiger charge is 2.49. The molecule has 1 unspecified atom stereocenters. The number of alkyl halides is 3. The third kappa shape index (κ3) is 5.50. The molecule has 0 fully saturated rings. The van der Waals surface area contributed by atoms with E-state index in [4.69, 9.17) is 25.1 Å². The molecule has 3 aromatic carbocycles. The van der Waals surface area contributed by atoms with Crippen LogP contribution in [-0.2, 0) is 15.1 Å². The second kappa shape index (κ2) is 10.6. The van der Waals surface area contributed by atoms with Gasteiger partial charge in [-0.2, -0.15) is 13.2 Å². The highest BCUT2D eigenvalue weighted by molar-refractivity contribution is 6.09. The van der Waals surface area contributed by atoms with Gasteiger partial charge in [-0.15, -0.1) is 0 Å². The molecule has 0 aliphatic carbocycles. The number of halogens is 3. The normalized spacial score (nSPS) is 17.0. The maximum Gasteiger partial charge on any atom is 0.490 e. The van der Waals surface area contributed by atoms with Gasteiger partial charge in [-0.1, -0.05) is 42.5 Å². The van der Waals surface area contributed by atoms with Crippen molar-refractivity contribution in [2.75, 3.05) is 21.3 Å². The highest BCUT2D eigenvalue weighted by atomic mass is 19.4. The largest absolute Gasteiger partial charge is 0.497 e. The Morgan fingerprint density at radius 2 is 1.46 bits per heavy atom. The number of guanidine groups is 1. The molecule has 1 aliphatic heterocycles. The summed E-state index contributed by atoms with van der Waals surface area (Å²) in [6.07, 6.45) is -5.08. The molecule has 0 radical (unpaired) electrons. The lowest BCUT2D eigenvalue weighted by Gasteiger charge is -2.26. The van der Waals surface area contributed by atoms with Crippen LogP contribution in [0.3, 0.4) is 0 Å². The summed E-state index contributed by atoms with van der Waals surface area (Å²) in [6, 6.07) is 22.9. The quantitative estimate of drug-likeness (QED) is 0.530. The predicted octanol–water partition coefficient (Wildman–Crippen LogP) is 4.03. The summed E-state index contributed by atoms with van der Waals surface area (Å²) < 4.78 is 42.4. The van der Waals surface area contributed by atoms with Crippen LogP contribution in [0.1, 0.15) is 11.1 Å². The van der Waals surface area contributed by atoms with Gasteiger partial charge in [0.1, 0.15) is 11.5 Å². The summed E-state index contributed by atoms with van der Waals surface area (Å²) >= 11 is 0. The summed E-state index contributed by atoms with van der Waals surface area (Å²) in [6.45, 7) is 0. The number of carbonyl (C=O) groups excluding carboxylic acids is 1. The molecule has 0 saturated carbocycles. The zero-order valence-corrected chi connectivity index (χ0v) is 20.1. The Balaban J connectivity index is 0.000000479. The summed E-state index contributed by atoms with van der Waals surface area (Å²) in [5, 5.41) is 7.12. The smallest absolute Gasteiger partial charge is 0.490 e. The first-order valence-corrected chi connectivity index (χ1v) is 10.8. The molecule has 0 spiro atoms. The van der Waals surface area contributed by atoms with Gasteiger partial charge in [0.15, 0.2) is 11.5 Å². The van der Waals surface area contributed by atoms with Crippen molar-refractivity contribution in [1.82, 2.24) is 4.90 Å². The van der Waals surface area contributed by atoms with Crippen molar-refractivity contribution in [2.24, 2.45) is 10.7 Å². The number of hydrogen-bond donors (Lipinski definition) is 2.